The van der Waals surface area contributed by atoms with Crippen molar-refractivity contribution < 1.29 is 29.3 Å². The largest absolute Gasteiger partial charge is 0.490 e. The maximum Gasteiger partial charge on any atom is 0.333 e. The summed E-state index contributed by atoms with van der Waals surface area (Å²) in [6, 6.07) is 5.06. The number of carbonyl (C=O) groups is 2. The Balaban J connectivity index is 1.93. The third kappa shape index (κ3) is 4.53. The molecule has 3 atom stereocenters. The number of hydrogen-bond acceptors (Lipinski definition) is 5. The Hall–Kier alpha value is -1.80. The molecular weight excluding hydrogens is 421 g/mol. The number of methoxy groups -OCH3 is 1. The molecule has 0 amide bonds. The Labute approximate surface area is 178 Å². The van der Waals surface area contributed by atoms with Crippen molar-refractivity contribution in [1.82, 2.24) is 4.90 Å². The molecule has 1 aromatic carbocycles. The van der Waals surface area contributed by atoms with Gasteiger partial charge in [-0.2, -0.15) is 0 Å². The van der Waals surface area contributed by atoms with E-state index in [1.807, 2.05) is 0 Å². The van der Waals surface area contributed by atoms with E-state index in [9.17, 15) is 19.8 Å². The zero-order chi connectivity index (χ0) is 21.2. The van der Waals surface area contributed by atoms with Crippen molar-refractivity contribution in [3.8, 4) is 5.75 Å². The van der Waals surface area contributed by atoms with Crippen molar-refractivity contribution >= 4 is 35.1 Å². The second-order valence-electron chi connectivity index (χ2n) is 7.37. The normalized spacial score (nSPS) is 27.1. The number of fused-ring (bicyclic) bond motifs is 2. The molecule has 158 valence electrons. The molecule has 0 aromatic heterocycles. The number of carboxylic acid groups (broad SMARTS) is 2. The van der Waals surface area contributed by atoms with Crippen LogP contribution in [0.1, 0.15) is 25.7 Å². The lowest BCUT2D eigenvalue weighted by molar-refractivity contribution is -0.137. The van der Waals surface area contributed by atoms with Crippen LogP contribution in [-0.2, 0) is 14.3 Å². The van der Waals surface area contributed by atoms with Gasteiger partial charge in [-0.25, -0.2) is 9.59 Å². The summed E-state index contributed by atoms with van der Waals surface area (Å²) in [6.45, 7) is 0.946. The molecule has 2 heterocycles. The standard InChI is InChI=1S/C20H23Cl2NO6/c1-28-7-6-23-12-4-5-20(23,15(19(26)27)10-18(24)25)11-14(8-12)29-13-2-3-16(21)17(22)9-13/h2-3,9-10,12,14H,4-8,11H2,1H3,(H,24,25)(H,26,27)/b15-10-. The predicted octanol–water partition coefficient (Wildman–Crippen LogP) is 3.48. The van der Waals surface area contributed by atoms with Gasteiger partial charge in [0.15, 0.2) is 0 Å². The summed E-state index contributed by atoms with van der Waals surface area (Å²) in [4.78, 5) is 25.4. The van der Waals surface area contributed by atoms with Crippen LogP contribution in [0.15, 0.2) is 29.8 Å². The molecule has 0 aliphatic carbocycles. The predicted molar refractivity (Wildman–Crippen MR) is 108 cm³/mol. The first-order chi connectivity index (χ1) is 13.8. The van der Waals surface area contributed by atoms with E-state index in [1.165, 1.54) is 0 Å². The fourth-order valence-corrected chi connectivity index (χ4v) is 4.91. The van der Waals surface area contributed by atoms with E-state index < -0.39 is 17.5 Å². The van der Waals surface area contributed by atoms with Crippen molar-refractivity contribution in [2.24, 2.45) is 0 Å². The van der Waals surface area contributed by atoms with Crippen molar-refractivity contribution in [3.63, 3.8) is 0 Å². The van der Waals surface area contributed by atoms with Crippen LogP contribution in [0, 0.1) is 0 Å². The highest BCUT2D eigenvalue weighted by atomic mass is 35.5. The van der Waals surface area contributed by atoms with E-state index in [0.29, 0.717) is 48.2 Å². The average molecular weight is 444 g/mol. The van der Waals surface area contributed by atoms with E-state index in [1.54, 1.807) is 25.3 Å². The summed E-state index contributed by atoms with van der Waals surface area (Å²) in [6.07, 6.45) is 2.90. The zero-order valence-corrected chi connectivity index (χ0v) is 17.4. The molecule has 7 nitrogen and oxygen atoms in total. The lowest BCUT2D eigenvalue weighted by Gasteiger charge is -2.47. The first-order valence-electron chi connectivity index (χ1n) is 9.32. The smallest absolute Gasteiger partial charge is 0.333 e. The molecule has 3 rings (SSSR count). The van der Waals surface area contributed by atoms with Gasteiger partial charge in [-0.3, -0.25) is 4.90 Å². The Morgan fingerprint density at radius 2 is 2.07 bits per heavy atom. The molecular formula is C20H23Cl2NO6. The fraction of sp³-hybridized carbons (Fsp3) is 0.500. The van der Waals surface area contributed by atoms with Gasteiger partial charge in [0, 0.05) is 38.3 Å². The lowest BCUT2D eigenvalue weighted by atomic mass is 9.79. The Kier molecular flexibility index (Phi) is 6.73. The second-order valence-corrected chi connectivity index (χ2v) is 8.18. The number of nitrogens with zero attached hydrogens (tertiary/aromatic N) is 1. The van der Waals surface area contributed by atoms with Crippen LogP contribution >= 0.6 is 23.2 Å². The zero-order valence-electron chi connectivity index (χ0n) is 15.9. The van der Waals surface area contributed by atoms with E-state index >= 15 is 0 Å². The van der Waals surface area contributed by atoms with Crippen molar-refractivity contribution in [2.75, 3.05) is 20.3 Å². The molecule has 0 saturated carbocycles. The molecule has 9 heteroatoms. The number of halogens is 2. The molecule has 29 heavy (non-hydrogen) atoms. The van der Waals surface area contributed by atoms with Crippen LogP contribution in [-0.4, -0.2) is 65.0 Å². The Bertz CT molecular complexity index is 829. The second kappa shape index (κ2) is 8.92. The summed E-state index contributed by atoms with van der Waals surface area (Å²) in [7, 11) is 1.58. The maximum atomic E-state index is 12.0. The fourth-order valence-electron chi connectivity index (χ4n) is 4.62. The first kappa shape index (κ1) is 21.9. The third-order valence-electron chi connectivity index (χ3n) is 5.71. The third-order valence-corrected chi connectivity index (χ3v) is 6.45. The van der Waals surface area contributed by atoms with Crippen LogP contribution < -0.4 is 4.74 Å². The van der Waals surface area contributed by atoms with Crippen LogP contribution in [0.5, 0.6) is 5.75 Å². The average Bonchev–Trinajstić information content (AvgIpc) is 2.86. The molecule has 2 aliphatic heterocycles. The van der Waals surface area contributed by atoms with Gasteiger partial charge in [0.05, 0.1) is 27.8 Å². The molecule has 1 aromatic rings. The van der Waals surface area contributed by atoms with Gasteiger partial charge in [-0.05, 0) is 31.4 Å². The summed E-state index contributed by atoms with van der Waals surface area (Å²) >= 11 is 12.0. The van der Waals surface area contributed by atoms with Gasteiger partial charge in [-0.15, -0.1) is 0 Å². The number of aliphatic carboxylic acids is 2. The Morgan fingerprint density at radius 3 is 2.69 bits per heavy atom. The minimum Gasteiger partial charge on any atom is -0.490 e. The molecule has 2 aliphatic rings. The maximum absolute atomic E-state index is 12.0. The van der Waals surface area contributed by atoms with Crippen molar-refractivity contribution in [2.45, 2.75) is 43.4 Å². The summed E-state index contributed by atoms with van der Waals surface area (Å²) in [5.41, 5.74) is -1.04. The highest BCUT2D eigenvalue weighted by Crippen LogP contribution is 2.49. The molecule has 2 fully saturated rings. The van der Waals surface area contributed by atoms with E-state index in [2.05, 4.69) is 4.90 Å². The van der Waals surface area contributed by atoms with Gasteiger partial charge < -0.3 is 19.7 Å². The first-order valence-corrected chi connectivity index (χ1v) is 10.1. The van der Waals surface area contributed by atoms with Gasteiger partial charge in [0.25, 0.3) is 0 Å². The molecule has 2 N–H and O–H groups in total. The van der Waals surface area contributed by atoms with Crippen LogP contribution in [0.25, 0.3) is 0 Å². The van der Waals surface area contributed by atoms with Gasteiger partial charge in [0.2, 0.25) is 0 Å². The van der Waals surface area contributed by atoms with Gasteiger partial charge in [-0.1, -0.05) is 23.2 Å². The van der Waals surface area contributed by atoms with Crippen molar-refractivity contribution in [3.05, 3.63) is 39.9 Å². The van der Waals surface area contributed by atoms with Crippen LogP contribution in [0.4, 0.5) is 0 Å². The van der Waals surface area contributed by atoms with Gasteiger partial charge >= 0.3 is 11.9 Å². The van der Waals surface area contributed by atoms with E-state index in [0.717, 1.165) is 12.5 Å². The topological polar surface area (TPSA) is 96.3 Å². The lowest BCUT2D eigenvalue weighted by Crippen LogP contribution is -2.58. The van der Waals surface area contributed by atoms with E-state index in [4.69, 9.17) is 32.7 Å². The number of hydrogen-bond donors (Lipinski definition) is 2. The number of piperidine rings is 1. The number of benzene rings is 1. The van der Waals surface area contributed by atoms with Crippen LogP contribution in [0.3, 0.4) is 0 Å². The summed E-state index contributed by atoms with van der Waals surface area (Å²) in [5, 5.41) is 19.9. The highest BCUT2D eigenvalue weighted by molar-refractivity contribution is 6.42. The summed E-state index contributed by atoms with van der Waals surface area (Å²) < 4.78 is 11.3. The minimum absolute atomic E-state index is 0.0724. The molecule has 2 bridgehead atoms. The molecule has 0 radical (unpaired) electrons. The van der Waals surface area contributed by atoms with E-state index in [-0.39, 0.29) is 17.7 Å². The highest BCUT2D eigenvalue weighted by Gasteiger charge is 2.55. The van der Waals surface area contributed by atoms with Crippen LogP contribution in [0.2, 0.25) is 10.0 Å². The molecule has 2 saturated heterocycles. The van der Waals surface area contributed by atoms with Gasteiger partial charge in [0.1, 0.15) is 11.9 Å². The number of ether oxygens (including phenoxy) is 2. The van der Waals surface area contributed by atoms with Crippen molar-refractivity contribution in [1.29, 1.82) is 0 Å². The summed E-state index contributed by atoms with van der Waals surface area (Å²) in [5.74, 6) is -1.96. The monoisotopic (exact) mass is 443 g/mol. The number of carboxylic acids is 2. The number of rotatable bonds is 8. The molecule has 0 spiro atoms. The Morgan fingerprint density at radius 1 is 1.31 bits per heavy atom. The molecule has 3 unspecified atom stereocenters. The minimum atomic E-state index is -1.28. The quantitative estimate of drug-likeness (QED) is 0.593. The SMILES string of the molecule is COCCN1C2CCC1(/C(=C\C(=O)O)C(=O)O)CC(Oc1ccc(Cl)c(Cl)c1)C2.